The van der Waals surface area contributed by atoms with Crippen molar-refractivity contribution in [3.63, 3.8) is 0 Å². The first kappa shape index (κ1) is 18.9. The molecule has 0 spiro atoms. The summed E-state index contributed by atoms with van der Waals surface area (Å²) in [7, 11) is 1.63. The molecule has 5 heteroatoms. The molecule has 0 saturated heterocycles. The number of anilines is 1. The molecule has 1 N–H and O–H groups in total. The van der Waals surface area contributed by atoms with Crippen molar-refractivity contribution in [2.75, 3.05) is 12.5 Å². The fraction of sp³-hybridized carbons (Fsp3) is 0.0417. The van der Waals surface area contributed by atoms with E-state index in [0.29, 0.717) is 5.75 Å². The van der Waals surface area contributed by atoms with E-state index >= 15 is 0 Å². The number of hydrazone groups is 1. The summed E-state index contributed by atoms with van der Waals surface area (Å²) in [5.41, 5.74) is 7.65. The third-order valence-corrected chi connectivity index (χ3v) is 5.34. The maximum absolute atomic E-state index is 13.4. The minimum atomic E-state index is -0.274. The summed E-state index contributed by atoms with van der Waals surface area (Å²) in [6.45, 7) is 0. The van der Waals surface area contributed by atoms with Crippen molar-refractivity contribution in [1.29, 1.82) is 0 Å². The highest BCUT2D eigenvalue weighted by molar-refractivity contribution is 7.12. The zero-order valence-corrected chi connectivity index (χ0v) is 16.6. The molecule has 0 aliphatic heterocycles. The zero-order chi connectivity index (χ0) is 20.1. The van der Waals surface area contributed by atoms with E-state index < -0.39 is 0 Å². The molecule has 0 unspecified atom stereocenters. The molecule has 0 aliphatic carbocycles. The lowest BCUT2D eigenvalue weighted by atomic mass is 10.0. The van der Waals surface area contributed by atoms with Crippen molar-refractivity contribution in [1.82, 2.24) is 0 Å². The first-order valence-corrected chi connectivity index (χ1v) is 9.99. The van der Waals surface area contributed by atoms with Crippen molar-refractivity contribution in [2.45, 2.75) is 0 Å². The number of hydrogen-bond acceptors (Lipinski definition) is 4. The largest absolute Gasteiger partial charge is 0.495 e. The van der Waals surface area contributed by atoms with Gasteiger partial charge in [-0.2, -0.15) is 5.10 Å². The Bertz CT molecular complexity index is 1110. The van der Waals surface area contributed by atoms with Gasteiger partial charge in [0.05, 0.1) is 17.7 Å². The number of ether oxygens (including phenoxy) is 1. The van der Waals surface area contributed by atoms with Crippen LogP contribution in [0.2, 0.25) is 0 Å². The Morgan fingerprint density at radius 2 is 1.69 bits per heavy atom. The summed E-state index contributed by atoms with van der Waals surface area (Å²) in [4.78, 5) is 0.988. The lowest BCUT2D eigenvalue weighted by Crippen LogP contribution is -2.05. The molecular weight excluding hydrogens is 383 g/mol. The average Bonchev–Trinajstić information content (AvgIpc) is 3.30. The highest BCUT2D eigenvalue weighted by Crippen LogP contribution is 2.31. The highest BCUT2D eigenvalue weighted by Gasteiger charge is 2.11. The van der Waals surface area contributed by atoms with Crippen LogP contribution in [0.1, 0.15) is 10.4 Å². The van der Waals surface area contributed by atoms with Gasteiger partial charge in [0.2, 0.25) is 0 Å². The lowest BCUT2D eigenvalue weighted by molar-refractivity contribution is 0.416. The predicted octanol–water partition coefficient (Wildman–Crippen LogP) is 6.43. The molecule has 4 rings (SSSR count). The molecule has 0 bridgehead atoms. The summed E-state index contributed by atoms with van der Waals surface area (Å²) in [6, 6.07) is 26.4. The van der Waals surface area contributed by atoms with Gasteiger partial charge in [-0.3, -0.25) is 5.43 Å². The molecular formula is C24H19FN2OS. The van der Waals surface area contributed by atoms with Crippen LogP contribution in [0.4, 0.5) is 10.1 Å². The van der Waals surface area contributed by atoms with Gasteiger partial charge >= 0.3 is 0 Å². The third kappa shape index (κ3) is 4.36. The third-order valence-electron chi connectivity index (χ3n) is 4.47. The molecule has 3 nitrogen and oxygen atoms in total. The van der Waals surface area contributed by atoms with Crippen LogP contribution < -0.4 is 10.2 Å². The Morgan fingerprint density at radius 1 is 0.897 bits per heavy atom. The second-order valence-electron chi connectivity index (χ2n) is 6.34. The molecule has 0 saturated carbocycles. The van der Waals surface area contributed by atoms with Gasteiger partial charge in [0.15, 0.2) is 0 Å². The van der Waals surface area contributed by atoms with Crippen LogP contribution in [0.15, 0.2) is 95.4 Å². The quantitative estimate of drug-likeness (QED) is 0.298. The van der Waals surface area contributed by atoms with Crippen LogP contribution in [0.5, 0.6) is 5.75 Å². The zero-order valence-electron chi connectivity index (χ0n) is 15.8. The molecule has 0 aliphatic rings. The molecule has 0 radical (unpaired) electrons. The smallest absolute Gasteiger partial charge is 0.143 e. The van der Waals surface area contributed by atoms with E-state index in [0.717, 1.165) is 33.0 Å². The Labute approximate surface area is 173 Å². The number of nitrogens with one attached hydrogen (secondary N) is 1. The van der Waals surface area contributed by atoms with Gasteiger partial charge in [0, 0.05) is 5.56 Å². The van der Waals surface area contributed by atoms with Gasteiger partial charge < -0.3 is 4.74 Å². The number of methoxy groups -OCH3 is 1. The van der Waals surface area contributed by atoms with Crippen molar-refractivity contribution >= 4 is 22.7 Å². The van der Waals surface area contributed by atoms with Gasteiger partial charge in [-0.1, -0.05) is 42.5 Å². The Balaban J connectivity index is 1.72. The van der Waals surface area contributed by atoms with Gasteiger partial charge in [0.1, 0.15) is 17.3 Å². The van der Waals surface area contributed by atoms with E-state index in [-0.39, 0.29) is 5.82 Å². The SMILES string of the molecule is COc1ccc(-c2ccccc2)cc1N/N=C(/c1ccc(F)cc1)c1cccs1. The minimum Gasteiger partial charge on any atom is -0.495 e. The Kier molecular flexibility index (Phi) is 5.68. The maximum atomic E-state index is 13.4. The first-order valence-electron chi connectivity index (χ1n) is 9.11. The van der Waals surface area contributed by atoms with Gasteiger partial charge in [-0.05, 0) is 59.0 Å². The number of benzene rings is 3. The molecule has 1 aromatic heterocycles. The van der Waals surface area contributed by atoms with Gasteiger partial charge in [0.25, 0.3) is 0 Å². The Morgan fingerprint density at radius 3 is 2.38 bits per heavy atom. The second kappa shape index (κ2) is 8.71. The molecule has 0 amide bonds. The van der Waals surface area contributed by atoms with Crippen molar-refractivity contribution in [2.24, 2.45) is 5.10 Å². The van der Waals surface area contributed by atoms with Gasteiger partial charge in [-0.25, -0.2) is 4.39 Å². The van der Waals surface area contributed by atoms with E-state index in [2.05, 4.69) is 22.7 Å². The van der Waals surface area contributed by atoms with E-state index in [4.69, 9.17) is 4.74 Å². The predicted molar refractivity (Wildman–Crippen MR) is 118 cm³/mol. The summed E-state index contributed by atoms with van der Waals surface area (Å²) in [5.74, 6) is 0.419. The Hall–Kier alpha value is -3.44. The van der Waals surface area contributed by atoms with E-state index in [1.807, 2.05) is 53.9 Å². The normalized spacial score (nSPS) is 11.3. The highest BCUT2D eigenvalue weighted by atomic mass is 32.1. The van der Waals surface area contributed by atoms with E-state index in [1.165, 1.54) is 12.1 Å². The van der Waals surface area contributed by atoms with E-state index in [9.17, 15) is 4.39 Å². The first-order chi connectivity index (χ1) is 14.2. The van der Waals surface area contributed by atoms with Crippen LogP contribution in [0, 0.1) is 5.82 Å². The number of thiophene rings is 1. The number of halogens is 1. The topological polar surface area (TPSA) is 33.6 Å². The van der Waals surface area contributed by atoms with Gasteiger partial charge in [-0.15, -0.1) is 11.3 Å². The molecule has 144 valence electrons. The monoisotopic (exact) mass is 402 g/mol. The maximum Gasteiger partial charge on any atom is 0.143 e. The fourth-order valence-electron chi connectivity index (χ4n) is 3.00. The van der Waals surface area contributed by atoms with Crippen molar-refractivity contribution in [3.05, 3.63) is 107 Å². The minimum absolute atomic E-state index is 0.274. The van der Waals surface area contributed by atoms with Crippen molar-refractivity contribution < 1.29 is 9.13 Å². The molecule has 0 atom stereocenters. The second-order valence-corrected chi connectivity index (χ2v) is 7.29. The van der Waals surface area contributed by atoms with Crippen LogP contribution in [-0.4, -0.2) is 12.8 Å². The summed E-state index contributed by atoms with van der Waals surface area (Å²) in [6.07, 6.45) is 0. The molecule has 4 aromatic rings. The number of hydrogen-bond donors (Lipinski definition) is 1. The summed E-state index contributed by atoms with van der Waals surface area (Å²) in [5, 5.41) is 6.65. The average molecular weight is 402 g/mol. The molecule has 0 fully saturated rings. The molecule has 1 heterocycles. The van der Waals surface area contributed by atoms with Crippen LogP contribution in [0.25, 0.3) is 11.1 Å². The lowest BCUT2D eigenvalue weighted by Gasteiger charge is -2.12. The van der Waals surface area contributed by atoms with E-state index in [1.54, 1.807) is 30.6 Å². The molecule has 29 heavy (non-hydrogen) atoms. The van der Waals surface area contributed by atoms with Crippen LogP contribution >= 0.6 is 11.3 Å². The molecule has 3 aromatic carbocycles. The number of rotatable bonds is 6. The van der Waals surface area contributed by atoms with Crippen molar-refractivity contribution in [3.8, 4) is 16.9 Å². The summed E-state index contributed by atoms with van der Waals surface area (Å²) >= 11 is 1.58. The number of nitrogens with zero attached hydrogens (tertiary/aromatic N) is 1. The standard InChI is InChI=1S/C24H19FN2OS/c1-28-22-14-11-19(17-6-3-2-4-7-17)16-21(22)26-27-24(23-8-5-15-29-23)18-9-12-20(25)13-10-18/h2-16,26H,1H3/b27-24-. The summed E-state index contributed by atoms with van der Waals surface area (Å²) < 4.78 is 18.9. The van der Waals surface area contributed by atoms with Crippen LogP contribution in [0.3, 0.4) is 0 Å². The fourth-order valence-corrected chi connectivity index (χ4v) is 3.74. The van der Waals surface area contributed by atoms with Crippen LogP contribution in [-0.2, 0) is 0 Å².